The highest BCUT2D eigenvalue weighted by atomic mass is 32.1. The fourth-order valence-electron chi connectivity index (χ4n) is 3.73. The van der Waals surface area contributed by atoms with Gasteiger partial charge < -0.3 is 10.0 Å². The summed E-state index contributed by atoms with van der Waals surface area (Å²) in [5, 5.41) is 9.54. The molecule has 1 fully saturated rings. The normalized spacial score (nSPS) is 28.7. The number of hydrogen-bond acceptors (Lipinski definition) is 3. The topological polar surface area (TPSA) is 40.5 Å². The Labute approximate surface area is 131 Å². The molecule has 0 radical (unpaired) electrons. The molecule has 1 aliphatic heterocycles. The first-order chi connectivity index (χ1) is 10.1. The van der Waals surface area contributed by atoms with Gasteiger partial charge in [-0.2, -0.15) is 0 Å². The number of thiophene rings is 1. The minimum absolute atomic E-state index is 0.0000170. The lowest BCUT2D eigenvalue weighted by molar-refractivity contribution is 0.0653. The first kappa shape index (κ1) is 15.0. The molecule has 1 aromatic rings. The van der Waals surface area contributed by atoms with Crippen molar-refractivity contribution in [3.05, 3.63) is 21.4 Å². The van der Waals surface area contributed by atoms with Crippen LogP contribution < -0.4 is 0 Å². The number of nitrogens with zero attached hydrogens (tertiary/aromatic N) is 1. The number of hydrogen-bond donors (Lipinski definition) is 1. The van der Waals surface area contributed by atoms with Gasteiger partial charge in [-0.05, 0) is 49.1 Å². The van der Waals surface area contributed by atoms with Crippen molar-refractivity contribution >= 4 is 17.2 Å². The zero-order valence-corrected chi connectivity index (χ0v) is 13.8. The third-order valence-electron chi connectivity index (χ3n) is 5.30. The van der Waals surface area contributed by atoms with E-state index < -0.39 is 0 Å². The molecule has 4 heteroatoms. The zero-order valence-electron chi connectivity index (χ0n) is 13.0. The minimum Gasteiger partial charge on any atom is -0.394 e. The molecule has 1 aliphatic carbocycles. The number of amides is 1. The van der Waals surface area contributed by atoms with Gasteiger partial charge in [-0.25, -0.2) is 0 Å². The number of likely N-dealkylation sites (tertiary alicyclic amines) is 1. The summed E-state index contributed by atoms with van der Waals surface area (Å²) in [4.78, 5) is 16.9. The quantitative estimate of drug-likeness (QED) is 0.932. The van der Waals surface area contributed by atoms with E-state index in [0.717, 1.165) is 36.6 Å². The Hall–Kier alpha value is -0.870. The Morgan fingerprint density at radius 1 is 1.48 bits per heavy atom. The molecule has 0 spiro atoms. The highest BCUT2D eigenvalue weighted by Crippen LogP contribution is 2.35. The molecule has 0 aromatic carbocycles. The molecule has 1 N–H and O–H groups in total. The van der Waals surface area contributed by atoms with E-state index in [1.807, 2.05) is 4.90 Å². The van der Waals surface area contributed by atoms with E-state index in [4.69, 9.17) is 0 Å². The molecule has 3 atom stereocenters. The molecule has 1 aromatic heterocycles. The molecule has 2 aliphatic rings. The van der Waals surface area contributed by atoms with Gasteiger partial charge in [0.15, 0.2) is 0 Å². The monoisotopic (exact) mass is 307 g/mol. The zero-order chi connectivity index (χ0) is 15.0. The number of aliphatic hydroxyl groups is 1. The smallest absolute Gasteiger partial charge is 0.264 e. The predicted molar refractivity (Wildman–Crippen MR) is 85.8 cm³/mol. The Morgan fingerprint density at radius 2 is 2.29 bits per heavy atom. The lowest BCUT2D eigenvalue weighted by Crippen LogP contribution is -2.39. The van der Waals surface area contributed by atoms with Gasteiger partial charge in [0.2, 0.25) is 0 Å². The summed E-state index contributed by atoms with van der Waals surface area (Å²) < 4.78 is 0. The second-order valence-electron chi connectivity index (χ2n) is 6.59. The Kier molecular flexibility index (Phi) is 4.36. The van der Waals surface area contributed by atoms with Crippen molar-refractivity contribution in [2.45, 2.75) is 52.0 Å². The predicted octanol–water partition coefficient (Wildman–Crippen LogP) is 3.11. The lowest BCUT2D eigenvalue weighted by atomic mass is 9.87. The Bertz CT molecular complexity index is 525. The van der Waals surface area contributed by atoms with Crippen LogP contribution in [0.2, 0.25) is 0 Å². The van der Waals surface area contributed by atoms with Gasteiger partial charge in [-0.15, -0.1) is 11.3 Å². The van der Waals surface area contributed by atoms with Crippen LogP contribution >= 0.6 is 11.3 Å². The summed E-state index contributed by atoms with van der Waals surface area (Å²) in [7, 11) is 0. The van der Waals surface area contributed by atoms with E-state index in [1.165, 1.54) is 23.3 Å². The summed E-state index contributed by atoms with van der Waals surface area (Å²) in [5.41, 5.74) is 1.40. The van der Waals surface area contributed by atoms with E-state index in [1.54, 1.807) is 11.3 Å². The first-order valence-electron chi connectivity index (χ1n) is 8.17. The van der Waals surface area contributed by atoms with E-state index in [2.05, 4.69) is 19.9 Å². The second kappa shape index (κ2) is 6.09. The van der Waals surface area contributed by atoms with Gasteiger partial charge in [0, 0.05) is 11.4 Å². The molecule has 3 rings (SSSR count). The van der Waals surface area contributed by atoms with Crippen molar-refractivity contribution in [2.24, 2.45) is 11.8 Å². The Balaban J connectivity index is 1.79. The molecule has 21 heavy (non-hydrogen) atoms. The number of fused-ring (bicyclic) bond motifs is 1. The van der Waals surface area contributed by atoms with Crippen molar-refractivity contribution in [3.63, 3.8) is 0 Å². The molecular weight excluding hydrogens is 282 g/mol. The molecule has 3 unspecified atom stereocenters. The van der Waals surface area contributed by atoms with Crippen LogP contribution in [-0.2, 0) is 12.8 Å². The largest absolute Gasteiger partial charge is 0.394 e. The summed E-state index contributed by atoms with van der Waals surface area (Å²) in [6.07, 6.45) is 5.76. The van der Waals surface area contributed by atoms with Gasteiger partial charge in [0.25, 0.3) is 5.91 Å². The summed E-state index contributed by atoms with van der Waals surface area (Å²) >= 11 is 1.68. The van der Waals surface area contributed by atoms with Crippen molar-refractivity contribution < 1.29 is 9.90 Å². The number of aryl methyl sites for hydroxylation is 1. The van der Waals surface area contributed by atoms with E-state index in [9.17, 15) is 9.90 Å². The van der Waals surface area contributed by atoms with Crippen molar-refractivity contribution in [3.8, 4) is 0 Å². The van der Waals surface area contributed by atoms with Crippen molar-refractivity contribution in [2.75, 3.05) is 13.2 Å². The van der Waals surface area contributed by atoms with Crippen molar-refractivity contribution in [1.82, 2.24) is 4.90 Å². The van der Waals surface area contributed by atoms with Gasteiger partial charge in [-0.3, -0.25) is 4.79 Å². The maximum atomic E-state index is 12.8. The third-order valence-corrected chi connectivity index (χ3v) is 6.53. The summed E-state index contributed by atoms with van der Waals surface area (Å²) in [5.74, 6) is 1.32. The maximum absolute atomic E-state index is 12.8. The molecular formula is C17H25NO2S. The number of rotatable bonds is 3. The van der Waals surface area contributed by atoms with Crippen LogP contribution in [-0.4, -0.2) is 35.1 Å². The first-order valence-corrected chi connectivity index (χ1v) is 8.99. The average molecular weight is 307 g/mol. The fraction of sp³-hybridized carbons (Fsp3) is 0.706. The van der Waals surface area contributed by atoms with Crippen LogP contribution in [0, 0.1) is 11.8 Å². The molecule has 2 heterocycles. The molecule has 0 saturated carbocycles. The summed E-state index contributed by atoms with van der Waals surface area (Å²) in [6, 6.07) is 2.13. The summed E-state index contributed by atoms with van der Waals surface area (Å²) in [6.45, 7) is 5.24. The van der Waals surface area contributed by atoms with Crippen LogP contribution in [0.15, 0.2) is 6.07 Å². The van der Waals surface area contributed by atoms with Gasteiger partial charge >= 0.3 is 0 Å². The van der Waals surface area contributed by atoms with Crippen LogP contribution in [0.3, 0.4) is 0 Å². The SMILES string of the molecule is CCC1CCc2sc(C(=O)N3CCC(C)C3CO)cc2C1. The Morgan fingerprint density at radius 3 is 3.00 bits per heavy atom. The van der Waals surface area contributed by atoms with Gasteiger partial charge in [0.05, 0.1) is 17.5 Å². The van der Waals surface area contributed by atoms with E-state index >= 15 is 0 Å². The van der Waals surface area contributed by atoms with Crippen molar-refractivity contribution in [1.29, 1.82) is 0 Å². The highest BCUT2D eigenvalue weighted by Gasteiger charge is 2.35. The van der Waals surface area contributed by atoms with Crippen LogP contribution in [0.5, 0.6) is 0 Å². The van der Waals surface area contributed by atoms with Gasteiger partial charge in [0.1, 0.15) is 0 Å². The average Bonchev–Trinajstić information content (AvgIpc) is 3.08. The van der Waals surface area contributed by atoms with E-state index in [0.29, 0.717) is 5.92 Å². The number of aliphatic hydroxyl groups excluding tert-OH is 1. The molecule has 1 saturated heterocycles. The number of carbonyl (C=O) groups is 1. The maximum Gasteiger partial charge on any atom is 0.264 e. The van der Waals surface area contributed by atoms with Crippen LogP contribution in [0.1, 0.15) is 53.2 Å². The standard InChI is InChI=1S/C17H25NO2S/c1-3-12-4-5-15-13(8-12)9-16(21-15)17(20)18-7-6-11(2)14(18)10-19/h9,11-12,14,19H,3-8,10H2,1-2H3. The molecule has 116 valence electrons. The van der Waals surface area contributed by atoms with E-state index in [-0.39, 0.29) is 18.6 Å². The van der Waals surface area contributed by atoms with Crippen LogP contribution in [0.4, 0.5) is 0 Å². The third kappa shape index (κ3) is 2.76. The molecule has 0 bridgehead atoms. The minimum atomic E-state index is 0.0000170. The fourth-order valence-corrected chi connectivity index (χ4v) is 4.90. The second-order valence-corrected chi connectivity index (χ2v) is 7.73. The molecule has 3 nitrogen and oxygen atoms in total. The number of carbonyl (C=O) groups excluding carboxylic acids is 1. The molecule has 1 amide bonds. The van der Waals surface area contributed by atoms with Crippen LogP contribution in [0.25, 0.3) is 0 Å². The lowest BCUT2D eigenvalue weighted by Gasteiger charge is -2.24. The van der Waals surface area contributed by atoms with Gasteiger partial charge in [-0.1, -0.05) is 20.3 Å². The highest BCUT2D eigenvalue weighted by molar-refractivity contribution is 7.14.